The minimum Gasteiger partial charge on any atom is -0.448 e. The number of benzene rings is 2. The Labute approximate surface area is 199 Å². The molecule has 5 rings (SSSR count). The van der Waals surface area contributed by atoms with Crippen molar-refractivity contribution in [2.24, 2.45) is 0 Å². The summed E-state index contributed by atoms with van der Waals surface area (Å²) in [5.74, 6) is 0.0700. The van der Waals surface area contributed by atoms with Crippen molar-refractivity contribution < 1.29 is 14.0 Å². The third-order valence-corrected chi connectivity index (χ3v) is 6.77. The first-order valence-corrected chi connectivity index (χ1v) is 11.8. The number of rotatable bonds is 5. The number of aromatic nitrogens is 1. The van der Waals surface area contributed by atoms with Crippen LogP contribution in [0, 0.1) is 0 Å². The maximum atomic E-state index is 13.7. The predicted octanol–water partition coefficient (Wildman–Crippen LogP) is 4.76. The lowest BCUT2D eigenvalue weighted by Gasteiger charge is -2.40. The summed E-state index contributed by atoms with van der Waals surface area (Å²) in [6.07, 6.45) is 2.04. The van der Waals surface area contributed by atoms with Crippen LogP contribution in [0.25, 0.3) is 11.1 Å². The fraction of sp³-hybridized carbons (Fsp3) is 0.286. The average Bonchev–Trinajstić information content (AvgIpc) is 3.45. The van der Waals surface area contributed by atoms with Gasteiger partial charge in [-0.15, -0.1) is 0 Å². The van der Waals surface area contributed by atoms with Crippen LogP contribution in [0.3, 0.4) is 0 Å². The molecule has 2 atom stereocenters. The molecule has 6 heteroatoms. The summed E-state index contributed by atoms with van der Waals surface area (Å²) in [7, 11) is 0. The Morgan fingerprint density at radius 3 is 2.41 bits per heavy atom. The molecule has 6 nitrogen and oxygen atoms in total. The highest BCUT2D eigenvalue weighted by atomic mass is 16.3. The third kappa shape index (κ3) is 4.12. The van der Waals surface area contributed by atoms with Gasteiger partial charge in [-0.3, -0.25) is 14.2 Å². The first-order valence-electron chi connectivity index (χ1n) is 11.8. The first kappa shape index (κ1) is 22.0. The van der Waals surface area contributed by atoms with Crippen molar-refractivity contribution in [3.05, 3.63) is 95.9 Å². The number of hydrogen-bond acceptors (Lipinski definition) is 3. The van der Waals surface area contributed by atoms with Crippen LogP contribution in [0.1, 0.15) is 41.5 Å². The minimum absolute atomic E-state index is 0.0313. The molecule has 0 saturated carbocycles. The van der Waals surface area contributed by atoms with Gasteiger partial charge in [0.05, 0.1) is 18.7 Å². The lowest BCUT2D eigenvalue weighted by molar-refractivity contribution is -0.134. The molecule has 4 aromatic rings. The standard InChI is InChI=1S/C28H29N3O3/c1-20-19-29(14-15-30(20)26(32)17-22-9-5-3-6-10-22)27(33)25-18-24-13-16-34-28(24)31(25)21(2)23-11-7-4-8-12-23/h3-13,16,18,20-21H,14-15,17,19H2,1-2H3/t20-,21+/m0/s1. The summed E-state index contributed by atoms with van der Waals surface area (Å²) in [4.78, 5) is 30.4. The Balaban J connectivity index is 1.35. The van der Waals surface area contributed by atoms with Crippen LogP contribution in [-0.2, 0) is 11.2 Å². The van der Waals surface area contributed by atoms with E-state index >= 15 is 0 Å². The fourth-order valence-electron chi connectivity index (χ4n) is 4.92. The Hall–Kier alpha value is -3.80. The highest BCUT2D eigenvalue weighted by Gasteiger charge is 2.32. The molecule has 3 heterocycles. The zero-order chi connectivity index (χ0) is 23.7. The first-order chi connectivity index (χ1) is 16.5. The smallest absolute Gasteiger partial charge is 0.270 e. The summed E-state index contributed by atoms with van der Waals surface area (Å²) in [6, 6.07) is 23.6. The number of carbonyl (C=O) groups excluding carboxylic acids is 2. The SMILES string of the molecule is C[C@H](c1ccccc1)n1c(C(=O)N2CCN(C(=O)Cc3ccccc3)[C@@H](C)C2)cc2ccoc21. The molecule has 0 radical (unpaired) electrons. The highest BCUT2D eigenvalue weighted by molar-refractivity contribution is 5.98. The molecule has 2 amide bonds. The van der Waals surface area contributed by atoms with E-state index in [-0.39, 0.29) is 23.9 Å². The van der Waals surface area contributed by atoms with Crippen molar-refractivity contribution in [2.75, 3.05) is 19.6 Å². The van der Waals surface area contributed by atoms with E-state index in [0.717, 1.165) is 16.5 Å². The molecule has 1 fully saturated rings. The molecular weight excluding hydrogens is 426 g/mol. The summed E-state index contributed by atoms with van der Waals surface area (Å²) >= 11 is 0. The average molecular weight is 456 g/mol. The van der Waals surface area contributed by atoms with E-state index in [1.54, 1.807) is 6.26 Å². The van der Waals surface area contributed by atoms with Crippen LogP contribution in [0.5, 0.6) is 0 Å². The van der Waals surface area contributed by atoms with Crippen LogP contribution in [-0.4, -0.2) is 51.9 Å². The summed E-state index contributed by atoms with van der Waals surface area (Å²) < 4.78 is 7.77. The molecule has 2 aromatic heterocycles. The van der Waals surface area contributed by atoms with E-state index in [4.69, 9.17) is 4.42 Å². The van der Waals surface area contributed by atoms with E-state index in [0.29, 0.717) is 37.5 Å². The Morgan fingerprint density at radius 2 is 1.71 bits per heavy atom. The second-order valence-electron chi connectivity index (χ2n) is 9.02. The molecule has 0 N–H and O–H groups in total. The van der Waals surface area contributed by atoms with Gasteiger partial charge in [-0.05, 0) is 37.1 Å². The number of furan rings is 1. The molecular formula is C28H29N3O3. The second kappa shape index (κ2) is 9.21. The van der Waals surface area contributed by atoms with Gasteiger partial charge in [0.1, 0.15) is 5.69 Å². The van der Waals surface area contributed by atoms with Gasteiger partial charge in [-0.2, -0.15) is 0 Å². The molecule has 0 aliphatic carbocycles. The maximum Gasteiger partial charge on any atom is 0.270 e. The van der Waals surface area contributed by atoms with Crippen LogP contribution in [0.15, 0.2) is 83.5 Å². The number of amides is 2. The van der Waals surface area contributed by atoms with Crippen molar-refractivity contribution in [3.63, 3.8) is 0 Å². The van der Waals surface area contributed by atoms with Gasteiger partial charge in [0.25, 0.3) is 5.91 Å². The Bertz CT molecular complexity index is 1290. The number of piperazine rings is 1. The fourth-order valence-corrected chi connectivity index (χ4v) is 4.92. The van der Waals surface area contributed by atoms with Gasteiger partial charge in [-0.25, -0.2) is 0 Å². The van der Waals surface area contributed by atoms with E-state index in [2.05, 4.69) is 19.1 Å². The van der Waals surface area contributed by atoms with Gasteiger partial charge < -0.3 is 14.2 Å². The molecule has 34 heavy (non-hydrogen) atoms. The topological polar surface area (TPSA) is 58.7 Å². The Kier molecular flexibility index (Phi) is 5.97. The molecule has 2 aromatic carbocycles. The van der Waals surface area contributed by atoms with E-state index < -0.39 is 0 Å². The van der Waals surface area contributed by atoms with E-state index in [9.17, 15) is 9.59 Å². The van der Waals surface area contributed by atoms with Gasteiger partial charge in [-0.1, -0.05) is 60.7 Å². The van der Waals surface area contributed by atoms with E-state index in [1.807, 2.05) is 82.0 Å². The largest absolute Gasteiger partial charge is 0.448 e. The van der Waals surface area contributed by atoms with Crippen LogP contribution in [0.2, 0.25) is 0 Å². The molecule has 0 bridgehead atoms. The molecule has 0 spiro atoms. The quantitative estimate of drug-likeness (QED) is 0.436. The van der Waals surface area contributed by atoms with Crippen LogP contribution in [0.4, 0.5) is 0 Å². The molecule has 1 aliphatic heterocycles. The lowest BCUT2D eigenvalue weighted by atomic mass is 10.1. The van der Waals surface area contributed by atoms with Crippen LogP contribution < -0.4 is 0 Å². The van der Waals surface area contributed by atoms with Crippen molar-refractivity contribution in [1.82, 2.24) is 14.4 Å². The molecule has 1 saturated heterocycles. The summed E-state index contributed by atoms with van der Waals surface area (Å²) in [5, 5.41) is 0.913. The van der Waals surface area contributed by atoms with Crippen molar-refractivity contribution in [3.8, 4) is 0 Å². The lowest BCUT2D eigenvalue weighted by Crippen LogP contribution is -2.56. The zero-order valence-corrected chi connectivity index (χ0v) is 19.6. The Morgan fingerprint density at radius 1 is 1.00 bits per heavy atom. The van der Waals surface area contributed by atoms with Gasteiger partial charge in [0.2, 0.25) is 11.6 Å². The summed E-state index contributed by atoms with van der Waals surface area (Å²) in [5.41, 5.74) is 3.43. The second-order valence-corrected chi connectivity index (χ2v) is 9.02. The minimum atomic E-state index is -0.0602. The maximum absolute atomic E-state index is 13.7. The number of carbonyl (C=O) groups is 2. The number of nitrogens with zero attached hydrogens (tertiary/aromatic N) is 3. The van der Waals surface area contributed by atoms with Gasteiger partial charge in [0, 0.05) is 31.1 Å². The normalized spacial score (nSPS) is 17.2. The number of fused-ring (bicyclic) bond motifs is 1. The van der Waals surface area contributed by atoms with E-state index in [1.165, 1.54) is 0 Å². The highest BCUT2D eigenvalue weighted by Crippen LogP contribution is 2.30. The number of hydrogen-bond donors (Lipinski definition) is 0. The van der Waals surface area contributed by atoms with Crippen molar-refractivity contribution >= 4 is 22.9 Å². The zero-order valence-electron chi connectivity index (χ0n) is 19.6. The summed E-state index contributed by atoms with van der Waals surface area (Å²) in [6.45, 7) is 5.64. The van der Waals surface area contributed by atoms with Gasteiger partial charge >= 0.3 is 0 Å². The van der Waals surface area contributed by atoms with Crippen molar-refractivity contribution in [1.29, 1.82) is 0 Å². The van der Waals surface area contributed by atoms with Crippen LogP contribution >= 0.6 is 0 Å². The third-order valence-electron chi connectivity index (χ3n) is 6.77. The molecule has 174 valence electrons. The van der Waals surface area contributed by atoms with Gasteiger partial charge in [0.15, 0.2) is 0 Å². The molecule has 0 unspecified atom stereocenters. The van der Waals surface area contributed by atoms with Crippen molar-refractivity contribution in [2.45, 2.75) is 32.4 Å². The monoisotopic (exact) mass is 455 g/mol. The molecule has 1 aliphatic rings. The predicted molar refractivity (Wildman–Crippen MR) is 132 cm³/mol.